The average Bonchev–Trinajstić information content (AvgIpc) is 2.29. The van der Waals surface area contributed by atoms with Gasteiger partial charge in [0.15, 0.2) is 0 Å². The smallest absolute Gasteiger partial charge is 0.0629 e. The highest BCUT2D eigenvalue weighted by atomic mass is 35.5. The van der Waals surface area contributed by atoms with Crippen LogP contribution in [-0.2, 0) is 0 Å². The van der Waals surface area contributed by atoms with Crippen molar-refractivity contribution in [3.63, 3.8) is 0 Å². The van der Waals surface area contributed by atoms with Gasteiger partial charge < -0.3 is 0 Å². The zero-order valence-electron chi connectivity index (χ0n) is 8.10. The second-order valence-corrected chi connectivity index (χ2v) is 3.52. The van der Waals surface area contributed by atoms with Gasteiger partial charge in [-0.2, -0.15) is 0 Å². The van der Waals surface area contributed by atoms with Gasteiger partial charge >= 0.3 is 0 Å². The zero-order chi connectivity index (χ0) is 10.5. The van der Waals surface area contributed by atoms with Crippen molar-refractivity contribution in [3.8, 4) is 0 Å². The van der Waals surface area contributed by atoms with Crippen LogP contribution in [0.5, 0.6) is 0 Å². The SMILES string of the molecule is Clc1ccccc1/C=N/c1ccccc1. The summed E-state index contributed by atoms with van der Waals surface area (Å²) >= 11 is 6.00. The largest absolute Gasteiger partial charge is 0.256 e. The van der Waals surface area contributed by atoms with E-state index in [-0.39, 0.29) is 0 Å². The summed E-state index contributed by atoms with van der Waals surface area (Å²) < 4.78 is 0. The molecule has 0 radical (unpaired) electrons. The molecule has 1 nitrogen and oxygen atoms in total. The summed E-state index contributed by atoms with van der Waals surface area (Å²) in [5, 5.41) is 0.720. The molecule has 0 unspecified atom stereocenters. The Kier molecular flexibility index (Phi) is 3.15. The van der Waals surface area contributed by atoms with Crippen LogP contribution in [0.1, 0.15) is 5.56 Å². The number of hydrogen-bond acceptors (Lipinski definition) is 1. The predicted molar refractivity (Wildman–Crippen MR) is 65.1 cm³/mol. The lowest BCUT2D eigenvalue weighted by Gasteiger charge is -1.96. The van der Waals surface area contributed by atoms with E-state index in [2.05, 4.69) is 4.99 Å². The van der Waals surface area contributed by atoms with Crippen LogP contribution in [0, 0.1) is 0 Å². The molecule has 0 saturated heterocycles. The Morgan fingerprint density at radius 3 is 2.27 bits per heavy atom. The van der Waals surface area contributed by atoms with Crippen LogP contribution in [0.4, 0.5) is 5.69 Å². The van der Waals surface area contributed by atoms with Gasteiger partial charge in [-0.25, -0.2) is 0 Å². The van der Waals surface area contributed by atoms with Gasteiger partial charge in [0.25, 0.3) is 0 Å². The maximum absolute atomic E-state index is 6.00. The van der Waals surface area contributed by atoms with Crippen molar-refractivity contribution in [2.24, 2.45) is 4.99 Å². The predicted octanol–water partition coefficient (Wildman–Crippen LogP) is 4.09. The van der Waals surface area contributed by atoms with Crippen molar-refractivity contribution >= 4 is 23.5 Å². The van der Waals surface area contributed by atoms with E-state index in [1.807, 2.05) is 54.6 Å². The Balaban J connectivity index is 2.23. The van der Waals surface area contributed by atoms with E-state index in [9.17, 15) is 0 Å². The molecule has 0 aliphatic heterocycles. The molecule has 2 rings (SSSR count). The average molecular weight is 216 g/mol. The van der Waals surface area contributed by atoms with Crippen molar-refractivity contribution in [2.75, 3.05) is 0 Å². The molecule has 0 atom stereocenters. The first-order chi connectivity index (χ1) is 7.36. The van der Waals surface area contributed by atoms with E-state index in [1.165, 1.54) is 0 Å². The normalized spacial score (nSPS) is 10.7. The molecule has 0 N–H and O–H groups in total. The van der Waals surface area contributed by atoms with Crippen molar-refractivity contribution < 1.29 is 0 Å². The standard InChI is InChI=1S/C13H10ClN/c14-13-9-5-4-6-11(13)10-15-12-7-2-1-3-8-12/h1-10H/b15-10+. The van der Waals surface area contributed by atoms with E-state index in [0.717, 1.165) is 16.3 Å². The van der Waals surface area contributed by atoms with Crippen molar-refractivity contribution in [1.82, 2.24) is 0 Å². The minimum absolute atomic E-state index is 0.720. The number of hydrogen-bond donors (Lipinski definition) is 0. The van der Waals surface area contributed by atoms with Crippen molar-refractivity contribution in [2.45, 2.75) is 0 Å². The fraction of sp³-hybridized carbons (Fsp3) is 0. The van der Waals surface area contributed by atoms with Crippen LogP contribution in [0.2, 0.25) is 5.02 Å². The third-order valence-corrected chi connectivity index (χ3v) is 2.36. The third-order valence-electron chi connectivity index (χ3n) is 2.01. The molecule has 0 aliphatic rings. The van der Waals surface area contributed by atoms with Crippen LogP contribution in [-0.4, -0.2) is 6.21 Å². The molecule has 0 fully saturated rings. The van der Waals surface area contributed by atoms with Gasteiger partial charge in [-0.3, -0.25) is 4.99 Å². The molecule has 0 aromatic heterocycles. The van der Waals surface area contributed by atoms with Crippen LogP contribution in [0.15, 0.2) is 59.6 Å². The van der Waals surface area contributed by atoms with Crippen LogP contribution < -0.4 is 0 Å². The lowest BCUT2D eigenvalue weighted by Crippen LogP contribution is -1.80. The summed E-state index contributed by atoms with van der Waals surface area (Å²) in [7, 11) is 0. The summed E-state index contributed by atoms with van der Waals surface area (Å²) in [5.74, 6) is 0. The first kappa shape index (κ1) is 9.94. The molecular weight excluding hydrogens is 206 g/mol. The summed E-state index contributed by atoms with van der Waals surface area (Å²) in [4.78, 5) is 4.33. The van der Waals surface area contributed by atoms with Gasteiger partial charge in [0, 0.05) is 16.8 Å². The molecule has 0 aliphatic carbocycles. The molecule has 2 aromatic carbocycles. The molecule has 74 valence electrons. The Hall–Kier alpha value is -1.60. The summed E-state index contributed by atoms with van der Waals surface area (Å²) in [6, 6.07) is 17.4. The molecule has 0 spiro atoms. The zero-order valence-corrected chi connectivity index (χ0v) is 8.85. The van der Waals surface area contributed by atoms with Gasteiger partial charge in [0.1, 0.15) is 0 Å². The minimum atomic E-state index is 0.720. The first-order valence-electron chi connectivity index (χ1n) is 4.70. The number of halogens is 1. The highest BCUT2D eigenvalue weighted by Crippen LogP contribution is 2.15. The molecule has 2 aromatic rings. The quantitative estimate of drug-likeness (QED) is 0.669. The topological polar surface area (TPSA) is 12.4 Å². The first-order valence-corrected chi connectivity index (χ1v) is 5.08. The second kappa shape index (κ2) is 4.76. The van der Waals surface area contributed by atoms with Crippen LogP contribution in [0.25, 0.3) is 0 Å². The molecule has 15 heavy (non-hydrogen) atoms. The van der Waals surface area contributed by atoms with Crippen molar-refractivity contribution in [3.05, 3.63) is 65.2 Å². The van der Waals surface area contributed by atoms with Crippen LogP contribution >= 0.6 is 11.6 Å². The van der Waals surface area contributed by atoms with Gasteiger partial charge in [-0.15, -0.1) is 0 Å². The van der Waals surface area contributed by atoms with E-state index < -0.39 is 0 Å². The number of nitrogens with zero attached hydrogens (tertiary/aromatic N) is 1. The Labute approximate surface area is 94.1 Å². The van der Waals surface area contributed by atoms with Gasteiger partial charge in [0.2, 0.25) is 0 Å². The number of para-hydroxylation sites is 1. The van der Waals surface area contributed by atoms with Gasteiger partial charge in [0.05, 0.1) is 5.69 Å². The Morgan fingerprint density at radius 1 is 0.867 bits per heavy atom. The highest BCUT2D eigenvalue weighted by Gasteiger charge is 1.93. The fourth-order valence-corrected chi connectivity index (χ4v) is 1.42. The monoisotopic (exact) mass is 215 g/mol. The summed E-state index contributed by atoms with van der Waals surface area (Å²) in [5.41, 5.74) is 1.86. The van der Waals surface area contributed by atoms with E-state index in [4.69, 9.17) is 11.6 Å². The Morgan fingerprint density at radius 2 is 1.53 bits per heavy atom. The molecule has 0 amide bonds. The van der Waals surface area contributed by atoms with Crippen LogP contribution in [0.3, 0.4) is 0 Å². The molecule has 0 heterocycles. The number of benzene rings is 2. The van der Waals surface area contributed by atoms with E-state index in [0.29, 0.717) is 0 Å². The summed E-state index contributed by atoms with van der Waals surface area (Å²) in [6.45, 7) is 0. The van der Waals surface area contributed by atoms with E-state index >= 15 is 0 Å². The molecular formula is C13H10ClN. The lowest BCUT2D eigenvalue weighted by atomic mass is 10.2. The fourth-order valence-electron chi connectivity index (χ4n) is 1.24. The number of aliphatic imine (C=N–C) groups is 1. The third kappa shape index (κ3) is 2.67. The van der Waals surface area contributed by atoms with E-state index in [1.54, 1.807) is 6.21 Å². The summed E-state index contributed by atoms with van der Waals surface area (Å²) in [6.07, 6.45) is 1.78. The maximum atomic E-state index is 6.00. The minimum Gasteiger partial charge on any atom is -0.256 e. The second-order valence-electron chi connectivity index (χ2n) is 3.12. The Bertz CT molecular complexity index is 463. The van der Waals surface area contributed by atoms with Gasteiger partial charge in [-0.1, -0.05) is 48.0 Å². The van der Waals surface area contributed by atoms with Gasteiger partial charge in [-0.05, 0) is 18.2 Å². The highest BCUT2D eigenvalue weighted by molar-refractivity contribution is 6.33. The number of rotatable bonds is 2. The maximum Gasteiger partial charge on any atom is 0.0629 e. The molecule has 0 saturated carbocycles. The molecule has 2 heteroatoms. The van der Waals surface area contributed by atoms with Crippen molar-refractivity contribution in [1.29, 1.82) is 0 Å². The molecule has 0 bridgehead atoms. The lowest BCUT2D eigenvalue weighted by molar-refractivity contribution is 1.53.